The monoisotopic (exact) mass is 81.1 g/mol. The average molecular weight is 81.1 g/mol. The molecule has 1 radical (unpaired) electrons. The van der Waals surface area contributed by atoms with Gasteiger partial charge in [0.15, 0.2) is 0 Å². The van der Waals surface area contributed by atoms with Crippen molar-refractivity contribution in [1.29, 1.82) is 0 Å². The predicted molar refractivity (Wildman–Crippen MR) is 25.1 cm³/mol. The molecule has 3 aliphatic carbocycles. The maximum absolute atomic E-state index is 2.50. The Labute approximate surface area is 38.6 Å². The van der Waals surface area contributed by atoms with Gasteiger partial charge in [-0.2, -0.15) is 0 Å². The molecule has 33 valence electrons. The first-order chi connectivity index (χ1) is 2.95. The number of hydrogen-bond donors (Lipinski definition) is 0. The Morgan fingerprint density at radius 3 is 1.83 bits per heavy atom. The van der Waals surface area contributed by atoms with Gasteiger partial charge in [0, 0.05) is 0 Å². The van der Waals surface area contributed by atoms with Crippen molar-refractivity contribution in [2.24, 2.45) is 11.8 Å². The topological polar surface area (TPSA) is 0 Å². The third kappa shape index (κ3) is 0.213. The van der Waals surface area contributed by atoms with Gasteiger partial charge in [0.25, 0.3) is 0 Å². The molecule has 0 heteroatoms. The molecule has 0 saturated heterocycles. The van der Waals surface area contributed by atoms with Crippen LogP contribution in [0.2, 0.25) is 0 Å². The Bertz CT molecular complexity index is 46.9. The van der Waals surface area contributed by atoms with Crippen molar-refractivity contribution in [3.63, 3.8) is 0 Å². The van der Waals surface area contributed by atoms with E-state index in [1.54, 1.807) is 0 Å². The molecule has 3 aliphatic rings. The van der Waals surface area contributed by atoms with E-state index in [2.05, 4.69) is 6.42 Å². The van der Waals surface area contributed by atoms with Crippen molar-refractivity contribution < 1.29 is 0 Å². The average Bonchev–Trinajstić information content (AvgIpc) is 1.72. The zero-order chi connectivity index (χ0) is 3.98. The molecule has 0 spiro atoms. The van der Waals surface area contributed by atoms with Gasteiger partial charge in [-0.05, 0) is 37.5 Å². The van der Waals surface area contributed by atoms with Crippen LogP contribution in [-0.2, 0) is 0 Å². The van der Waals surface area contributed by atoms with E-state index in [0.717, 1.165) is 11.8 Å². The molecule has 0 aromatic carbocycles. The van der Waals surface area contributed by atoms with Gasteiger partial charge in [0.1, 0.15) is 0 Å². The lowest BCUT2D eigenvalue weighted by Gasteiger charge is -2.20. The Morgan fingerprint density at radius 1 is 1.17 bits per heavy atom. The van der Waals surface area contributed by atoms with E-state index in [0.29, 0.717) is 0 Å². The van der Waals surface area contributed by atoms with Crippen molar-refractivity contribution in [2.75, 3.05) is 0 Å². The summed E-state index contributed by atoms with van der Waals surface area (Å²) in [7, 11) is 0. The van der Waals surface area contributed by atoms with Crippen LogP contribution in [0.15, 0.2) is 0 Å². The van der Waals surface area contributed by atoms with Gasteiger partial charge in [-0.15, -0.1) is 0 Å². The standard InChI is InChI=1S/C6H9/c1-2-6-3-5(1)4-6/h3,5-6H,1-2,4H2. The highest BCUT2D eigenvalue weighted by atomic mass is 14.4. The fraction of sp³-hybridized carbons (Fsp3) is 0.833. The first-order valence-electron chi connectivity index (χ1n) is 2.80. The molecule has 0 heterocycles. The van der Waals surface area contributed by atoms with E-state index in [1.165, 1.54) is 19.3 Å². The quantitative estimate of drug-likeness (QED) is 0.415. The van der Waals surface area contributed by atoms with Crippen LogP contribution in [0.25, 0.3) is 0 Å². The van der Waals surface area contributed by atoms with E-state index < -0.39 is 0 Å². The van der Waals surface area contributed by atoms with Crippen LogP contribution in [0.1, 0.15) is 19.3 Å². The molecule has 0 N–H and O–H groups in total. The lowest BCUT2D eigenvalue weighted by Crippen LogP contribution is -2.11. The number of hydrogen-bond acceptors (Lipinski definition) is 0. The van der Waals surface area contributed by atoms with Crippen molar-refractivity contribution in [1.82, 2.24) is 0 Å². The highest BCUT2D eigenvalue weighted by molar-refractivity contribution is 5.02. The Kier molecular flexibility index (Phi) is 0.408. The zero-order valence-electron chi connectivity index (χ0n) is 3.85. The molecule has 0 amide bonds. The van der Waals surface area contributed by atoms with E-state index in [4.69, 9.17) is 0 Å². The smallest absolute Gasteiger partial charge is 0.0323 e. The molecule has 3 rings (SSSR count). The third-order valence-corrected chi connectivity index (χ3v) is 2.06. The van der Waals surface area contributed by atoms with Crippen molar-refractivity contribution in [2.45, 2.75) is 19.3 Å². The molecule has 3 fully saturated rings. The molecule has 0 aliphatic heterocycles. The summed E-state index contributed by atoms with van der Waals surface area (Å²) >= 11 is 0. The maximum Gasteiger partial charge on any atom is -0.0323 e. The molecule has 6 heavy (non-hydrogen) atoms. The van der Waals surface area contributed by atoms with Crippen LogP contribution >= 0.6 is 0 Å². The fourth-order valence-electron chi connectivity index (χ4n) is 1.59. The van der Waals surface area contributed by atoms with Crippen LogP contribution in [0, 0.1) is 18.3 Å². The fourth-order valence-corrected chi connectivity index (χ4v) is 1.59. The lowest BCUT2D eigenvalue weighted by molar-refractivity contribution is 0.432. The van der Waals surface area contributed by atoms with Crippen LogP contribution in [0.5, 0.6) is 0 Å². The summed E-state index contributed by atoms with van der Waals surface area (Å²) in [6.45, 7) is 0. The van der Waals surface area contributed by atoms with Gasteiger partial charge in [-0.1, -0.05) is 0 Å². The largest absolute Gasteiger partial charge is 0.0499 e. The maximum atomic E-state index is 2.50. The molecule has 0 aromatic rings. The first-order valence-corrected chi connectivity index (χ1v) is 2.80. The van der Waals surface area contributed by atoms with Crippen LogP contribution in [-0.4, -0.2) is 0 Å². The molecule has 0 nitrogen and oxygen atoms in total. The first kappa shape index (κ1) is 3.06. The molecular formula is C6H9. The van der Waals surface area contributed by atoms with Crippen molar-refractivity contribution in [3.05, 3.63) is 6.42 Å². The highest BCUT2D eigenvalue weighted by Crippen LogP contribution is 2.46. The molecule has 2 atom stereocenters. The second kappa shape index (κ2) is 0.800. The second-order valence-corrected chi connectivity index (χ2v) is 2.53. The minimum absolute atomic E-state index is 1.06. The number of rotatable bonds is 0. The second-order valence-electron chi connectivity index (χ2n) is 2.53. The van der Waals surface area contributed by atoms with Crippen LogP contribution in [0.3, 0.4) is 0 Å². The van der Waals surface area contributed by atoms with E-state index in [9.17, 15) is 0 Å². The lowest BCUT2D eigenvalue weighted by atomic mass is 9.85. The molecule has 2 unspecified atom stereocenters. The molecule has 0 aromatic heterocycles. The van der Waals surface area contributed by atoms with Crippen molar-refractivity contribution in [3.8, 4) is 0 Å². The summed E-state index contributed by atoms with van der Waals surface area (Å²) in [6, 6.07) is 0. The summed E-state index contributed by atoms with van der Waals surface area (Å²) in [5, 5.41) is 0. The summed E-state index contributed by atoms with van der Waals surface area (Å²) in [5.41, 5.74) is 0. The van der Waals surface area contributed by atoms with Gasteiger partial charge in [-0.3, -0.25) is 0 Å². The molecular weight excluding hydrogens is 72.1 g/mol. The van der Waals surface area contributed by atoms with Crippen LogP contribution < -0.4 is 0 Å². The molecule has 2 bridgehead atoms. The van der Waals surface area contributed by atoms with E-state index in [1.807, 2.05) is 0 Å². The number of fused-ring (bicyclic) bond motifs is 1. The summed E-state index contributed by atoms with van der Waals surface area (Å²) in [4.78, 5) is 0. The summed E-state index contributed by atoms with van der Waals surface area (Å²) in [6.07, 6.45) is 7.04. The normalized spacial score (nSPS) is 52.0. The minimum Gasteiger partial charge on any atom is -0.0499 e. The van der Waals surface area contributed by atoms with Gasteiger partial charge in [-0.25, -0.2) is 0 Å². The Hall–Kier alpha value is 0. The van der Waals surface area contributed by atoms with Gasteiger partial charge >= 0.3 is 0 Å². The van der Waals surface area contributed by atoms with Gasteiger partial charge in [0.2, 0.25) is 0 Å². The predicted octanol–water partition coefficient (Wildman–Crippen LogP) is 1.62. The molecule has 3 saturated carbocycles. The third-order valence-electron chi connectivity index (χ3n) is 2.06. The summed E-state index contributed by atoms with van der Waals surface area (Å²) < 4.78 is 0. The van der Waals surface area contributed by atoms with E-state index >= 15 is 0 Å². The summed E-state index contributed by atoms with van der Waals surface area (Å²) in [5.74, 6) is 2.13. The van der Waals surface area contributed by atoms with Crippen molar-refractivity contribution >= 4 is 0 Å². The van der Waals surface area contributed by atoms with Crippen LogP contribution in [0.4, 0.5) is 0 Å². The highest BCUT2D eigenvalue weighted by Gasteiger charge is 2.35. The van der Waals surface area contributed by atoms with Gasteiger partial charge < -0.3 is 0 Å². The Morgan fingerprint density at radius 2 is 1.67 bits per heavy atom. The minimum atomic E-state index is 1.06. The zero-order valence-corrected chi connectivity index (χ0v) is 3.85. The van der Waals surface area contributed by atoms with E-state index in [-0.39, 0.29) is 0 Å². The van der Waals surface area contributed by atoms with Gasteiger partial charge in [0.05, 0.1) is 0 Å². The Balaban J connectivity index is 2.16. The SMILES string of the molecule is [CH]1C2CCC1C2.